The molecule has 2 rings (SSSR count). The van der Waals surface area contributed by atoms with Crippen molar-refractivity contribution in [3.8, 4) is 0 Å². The van der Waals surface area contributed by atoms with Crippen LogP contribution in [0.4, 0.5) is 15.8 Å². The molecule has 16 heavy (non-hydrogen) atoms. The highest BCUT2D eigenvalue weighted by atomic mass is 19.1. The van der Waals surface area contributed by atoms with Gasteiger partial charge >= 0.3 is 0 Å². The minimum Gasteiger partial charge on any atom is -0.397 e. The van der Waals surface area contributed by atoms with E-state index in [0.29, 0.717) is 11.4 Å². The molecule has 1 aromatic carbocycles. The Morgan fingerprint density at radius 1 is 1.56 bits per heavy atom. The number of nitrogens with one attached hydrogen (secondary N) is 2. The van der Waals surface area contributed by atoms with Gasteiger partial charge in [0.15, 0.2) is 0 Å². The second-order valence-corrected chi connectivity index (χ2v) is 3.87. The molecule has 1 heterocycles. The van der Waals surface area contributed by atoms with Gasteiger partial charge < -0.3 is 16.4 Å². The smallest absolute Gasteiger partial charge is 0.241 e. The van der Waals surface area contributed by atoms with Gasteiger partial charge in [0.05, 0.1) is 17.4 Å². The summed E-state index contributed by atoms with van der Waals surface area (Å²) in [5.74, 6) is -0.571. The maximum Gasteiger partial charge on any atom is 0.241 e. The molecule has 1 aliphatic heterocycles. The molecule has 0 radical (unpaired) electrons. The molecule has 0 spiro atoms. The van der Waals surface area contributed by atoms with Gasteiger partial charge in [-0.3, -0.25) is 4.79 Å². The number of benzene rings is 1. The molecule has 5 heteroatoms. The second-order valence-electron chi connectivity index (χ2n) is 3.87. The van der Waals surface area contributed by atoms with Gasteiger partial charge in [-0.15, -0.1) is 0 Å². The Hall–Kier alpha value is -1.62. The van der Waals surface area contributed by atoms with Crippen LogP contribution in [-0.4, -0.2) is 18.5 Å². The molecule has 1 atom stereocenters. The Kier molecular flexibility index (Phi) is 3.05. The second kappa shape index (κ2) is 4.49. The van der Waals surface area contributed by atoms with Gasteiger partial charge in [-0.2, -0.15) is 0 Å². The molecule has 1 fully saturated rings. The van der Waals surface area contributed by atoms with Gasteiger partial charge in [-0.05, 0) is 37.6 Å². The average molecular weight is 223 g/mol. The lowest BCUT2D eigenvalue weighted by molar-refractivity contribution is -0.117. The monoisotopic (exact) mass is 223 g/mol. The third-order valence-electron chi connectivity index (χ3n) is 2.65. The Morgan fingerprint density at radius 3 is 3.06 bits per heavy atom. The minimum absolute atomic E-state index is 0.158. The zero-order chi connectivity index (χ0) is 11.5. The zero-order valence-corrected chi connectivity index (χ0v) is 8.79. The molecule has 1 amide bonds. The van der Waals surface area contributed by atoms with Gasteiger partial charge in [-0.1, -0.05) is 0 Å². The number of nitrogen functional groups attached to an aromatic ring is 1. The molecule has 0 aromatic heterocycles. The predicted molar refractivity (Wildman–Crippen MR) is 60.5 cm³/mol. The van der Waals surface area contributed by atoms with Gasteiger partial charge in [0.25, 0.3) is 0 Å². The first-order valence-electron chi connectivity index (χ1n) is 5.26. The number of anilines is 2. The van der Waals surface area contributed by atoms with E-state index in [9.17, 15) is 9.18 Å². The Balaban J connectivity index is 2.07. The number of halogens is 1. The highest BCUT2D eigenvalue weighted by molar-refractivity contribution is 5.97. The summed E-state index contributed by atoms with van der Waals surface area (Å²) in [6, 6.07) is 3.73. The van der Waals surface area contributed by atoms with Crippen LogP contribution in [0.2, 0.25) is 0 Å². The van der Waals surface area contributed by atoms with E-state index >= 15 is 0 Å². The summed E-state index contributed by atoms with van der Waals surface area (Å²) in [4.78, 5) is 11.7. The lowest BCUT2D eigenvalue weighted by Gasteiger charge is -2.12. The highest BCUT2D eigenvalue weighted by Gasteiger charge is 2.22. The average Bonchev–Trinajstić information content (AvgIpc) is 2.76. The van der Waals surface area contributed by atoms with Crippen LogP contribution in [0.1, 0.15) is 12.8 Å². The maximum atomic E-state index is 13.0. The molecule has 0 bridgehead atoms. The van der Waals surface area contributed by atoms with Crippen LogP contribution in [0.15, 0.2) is 18.2 Å². The van der Waals surface area contributed by atoms with E-state index in [-0.39, 0.29) is 11.9 Å². The first kappa shape index (κ1) is 10.9. The summed E-state index contributed by atoms with van der Waals surface area (Å²) in [6.45, 7) is 0.844. The summed E-state index contributed by atoms with van der Waals surface area (Å²) >= 11 is 0. The highest BCUT2D eigenvalue weighted by Crippen LogP contribution is 2.20. The van der Waals surface area contributed by atoms with Crippen LogP contribution >= 0.6 is 0 Å². The number of hydrogen-bond acceptors (Lipinski definition) is 3. The quantitative estimate of drug-likeness (QED) is 0.658. The summed E-state index contributed by atoms with van der Waals surface area (Å²) in [6.07, 6.45) is 1.79. The largest absolute Gasteiger partial charge is 0.397 e. The summed E-state index contributed by atoms with van der Waals surface area (Å²) in [7, 11) is 0. The SMILES string of the molecule is Nc1ccc(F)cc1NC(=O)C1CCCN1. The number of hydrogen-bond donors (Lipinski definition) is 3. The van der Waals surface area contributed by atoms with E-state index < -0.39 is 5.82 Å². The van der Waals surface area contributed by atoms with Crippen molar-refractivity contribution < 1.29 is 9.18 Å². The Morgan fingerprint density at radius 2 is 2.38 bits per heavy atom. The van der Waals surface area contributed by atoms with E-state index in [1.54, 1.807) is 0 Å². The van der Waals surface area contributed by atoms with Crippen LogP contribution in [-0.2, 0) is 4.79 Å². The summed E-state index contributed by atoms with van der Waals surface area (Å²) in [5, 5.41) is 5.69. The molecule has 1 aliphatic rings. The molecule has 4 N–H and O–H groups in total. The predicted octanol–water partition coefficient (Wildman–Crippen LogP) is 1.10. The van der Waals surface area contributed by atoms with Crippen LogP contribution in [0, 0.1) is 5.82 Å². The standard InChI is InChI=1S/C11H14FN3O/c12-7-3-4-8(13)10(6-7)15-11(16)9-2-1-5-14-9/h3-4,6,9,14H,1-2,5,13H2,(H,15,16). The van der Waals surface area contributed by atoms with Crippen LogP contribution in [0.3, 0.4) is 0 Å². The third-order valence-corrected chi connectivity index (χ3v) is 2.65. The van der Waals surface area contributed by atoms with Crippen LogP contribution in [0.25, 0.3) is 0 Å². The summed E-state index contributed by atoms with van der Waals surface area (Å²) in [5.41, 5.74) is 6.34. The Bertz CT molecular complexity index is 402. The molecular formula is C11H14FN3O. The van der Waals surface area contributed by atoms with E-state index in [0.717, 1.165) is 19.4 Å². The number of carbonyl (C=O) groups excluding carboxylic acids is 1. The van der Waals surface area contributed by atoms with Crippen molar-refractivity contribution in [2.75, 3.05) is 17.6 Å². The fourth-order valence-electron chi connectivity index (χ4n) is 1.76. The van der Waals surface area contributed by atoms with Gasteiger partial charge in [-0.25, -0.2) is 4.39 Å². The van der Waals surface area contributed by atoms with Crippen molar-refractivity contribution in [2.24, 2.45) is 0 Å². The van der Waals surface area contributed by atoms with Crippen LogP contribution < -0.4 is 16.4 Å². The lowest BCUT2D eigenvalue weighted by Crippen LogP contribution is -2.35. The van der Waals surface area contributed by atoms with E-state index in [4.69, 9.17) is 5.73 Å². The van der Waals surface area contributed by atoms with Gasteiger partial charge in [0.1, 0.15) is 5.82 Å². The fraction of sp³-hybridized carbons (Fsp3) is 0.364. The van der Waals surface area contributed by atoms with E-state index in [2.05, 4.69) is 10.6 Å². The maximum absolute atomic E-state index is 13.0. The molecule has 1 saturated heterocycles. The lowest BCUT2D eigenvalue weighted by atomic mass is 10.2. The van der Waals surface area contributed by atoms with Crippen molar-refractivity contribution in [3.05, 3.63) is 24.0 Å². The number of amides is 1. The number of rotatable bonds is 2. The van der Waals surface area contributed by atoms with E-state index in [1.165, 1.54) is 18.2 Å². The van der Waals surface area contributed by atoms with Crippen molar-refractivity contribution in [1.82, 2.24) is 5.32 Å². The topological polar surface area (TPSA) is 67.1 Å². The molecule has 4 nitrogen and oxygen atoms in total. The summed E-state index contributed by atoms with van der Waals surface area (Å²) < 4.78 is 13.0. The van der Waals surface area contributed by atoms with Gasteiger partial charge in [0.2, 0.25) is 5.91 Å². The Labute approximate surface area is 93.0 Å². The molecule has 0 saturated carbocycles. The molecule has 1 unspecified atom stereocenters. The molecule has 0 aliphatic carbocycles. The van der Waals surface area contributed by atoms with E-state index in [1.807, 2.05) is 0 Å². The molecular weight excluding hydrogens is 209 g/mol. The fourth-order valence-corrected chi connectivity index (χ4v) is 1.76. The van der Waals surface area contributed by atoms with Crippen molar-refractivity contribution in [1.29, 1.82) is 0 Å². The normalized spacial score (nSPS) is 19.7. The van der Waals surface area contributed by atoms with Crippen molar-refractivity contribution in [3.63, 3.8) is 0 Å². The number of carbonyl (C=O) groups is 1. The first-order valence-corrected chi connectivity index (χ1v) is 5.26. The zero-order valence-electron chi connectivity index (χ0n) is 8.79. The third kappa shape index (κ3) is 2.30. The minimum atomic E-state index is -0.413. The van der Waals surface area contributed by atoms with Gasteiger partial charge in [0, 0.05) is 0 Å². The first-order chi connectivity index (χ1) is 7.66. The van der Waals surface area contributed by atoms with Crippen molar-refractivity contribution >= 4 is 17.3 Å². The molecule has 1 aromatic rings. The van der Waals surface area contributed by atoms with Crippen molar-refractivity contribution in [2.45, 2.75) is 18.9 Å². The number of nitrogens with two attached hydrogens (primary N) is 1. The van der Waals surface area contributed by atoms with Crippen LogP contribution in [0.5, 0.6) is 0 Å². The molecule has 86 valence electrons.